The van der Waals surface area contributed by atoms with Gasteiger partial charge in [-0.05, 0) is 36.8 Å². The number of pyridine rings is 1. The number of esters is 1. The van der Waals surface area contributed by atoms with Crippen LogP contribution in [0.5, 0.6) is 0 Å². The molecule has 4 aromatic rings. The largest absolute Gasteiger partial charge is 0.456 e. The van der Waals surface area contributed by atoms with E-state index in [9.17, 15) is 9.59 Å². The number of carbonyl (C=O) groups excluding carboxylic acids is 1. The predicted molar refractivity (Wildman–Crippen MR) is 111 cm³/mol. The lowest BCUT2D eigenvalue weighted by Crippen LogP contribution is -2.20. The van der Waals surface area contributed by atoms with E-state index in [4.69, 9.17) is 9.72 Å². The van der Waals surface area contributed by atoms with E-state index in [-0.39, 0.29) is 18.1 Å². The van der Waals surface area contributed by atoms with Crippen molar-refractivity contribution in [1.29, 1.82) is 0 Å². The summed E-state index contributed by atoms with van der Waals surface area (Å²) in [6.07, 6.45) is 4.44. The van der Waals surface area contributed by atoms with E-state index in [0.717, 1.165) is 41.4 Å². The molecule has 3 aromatic heterocycles. The van der Waals surface area contributed by atoms with Crippen LogP contribution in [-0.2, 0) is 24.2 Å². The summed E-state index contributed by atoms with van der Waals surface area (Å²) >= 11 is 1.37. The zero-order valence-electron chi connectivity index (χ0n) is 15.9. The first-order valence-corrected chi connectivity index (χ1v) is 10.5. The fourth-order valence-corrected chi connectivity index (χ4v) is 4.71. The van der Waals surface area contributed by atoms with Gasteiger partial charge in [-0.3, -0.25) is 14.2 Å². The zero-order chi connectivity index (χ0) is 20.0. The van der Waals surface area contributed by atoms with Gasteiger partial charge in [-0.15, -0.1) is 11.3 Å². The highest BCUT2D eigenvalue weighted by atomic mass is 32.1. The van der Waals surface area contributed by atoms with Crippen molar-refractivity contribution in [3.63, 3.8) is 0 Å². The molecular formula is C22H19N3O3S. The molecule has 1 atom stereocenters. The number of aryl methyl sites for hydroxylation is 1. The van der Waals surface area contributed by atoms with Crippen LogP contribution in [0.4, 0.5) is 0 Å². The number of carbonyl (C=O) groups is 1. The van der Waals surface area contributed by atoms with Crippen molar-refractivity contribution in [3.8, 4) is 0 Å². The number of para-hydroxylation sites is 1. The van der Waals surface area contributed by atoms with Crippen LogP contribution in [0.2, 0.25) is 0 Å². The maximum Gasteiger partial charge on any atom is 0.339 e. The number of thiazole rings is 1. The Kier molecular flexibility index (Phi) is 4.39. The van der Waals surface area contributed by atoms with Gasteiger partial charge in [0.25, 0.3) is 5.56 Å². The SMILES string of the molecule is C[C@H]1CCc2nc3ccccc3c(C(=O)OCc3cc(=O)n4ccsc4n3)c2C1. The van der Waals surface area contributed by atoms with Gasteiger partial charge in [-0.2, -0.15) is 0 Å². The second-order valence-corrected chi connectivity index (χ2v) is 8.37. The lowest BCUT2D eigenvalue weighted by Gasteiger charge is -2.24. The minimum atomic E-state index is -0.387. The normalized spacial score (nSPS) is 16.1. The predicted octanol–water partition coefficient (Wildman–Crippen LogP) is 3.79. The molecule has 0 unspecified atom stereocenters. The highest BCUT2D eigenvalue weighted by molar-refractivity contribution is 7.15. The molecule has 0 saturated carbocycles. The van der Waals surface area contributed by atoms with E-state index in [1.165, 1.54) is 21.8 Å². The number of benzene rings is 1. The molecule has 0 aliphatic heterocycles. The minimum Gasteiger partial charge on any atom is -0.456 e. The topological polar surface area (TPSA) is 73.6 Å². The van der Waals surface area contributed by atoms with E-state index in [1.54, 1.807) is 11.6 Å². The van der Waals surface area contributed by atoms with Crippen LogP contribution >= 0.6 is 11.3 Å². The smallest absolute Gasteiger partial charge is 0.339 e. The van der Waals surface area contributed by atoms with Gasteiger partial charge in [0.05, 0.1) is 16.8 Å². The Bertz CT molecular complexity index is 1310. The van der Waals surface area contributed by atoms with Crippen molar-refractivity contribution < 1.29 is 9.53 Å². The summed E-state index contributed by atoms with van der Waals surface area (Å²) in [4.78, 5) is 35.1. The second kappa shape index (κ2) is 7.08. The molecule has 146 valence electrons. The molecule has 1 aliphatic carbocycles. The number of fused-ring (bicyclic) bond motifs is 3. The molecule has 1 aliphatic rings. The van der Waals surface area contributed by atoms with Crippen molar-refractivity contribution in [3.05, 3.63) is 74.8 Å². The Morgan fingerprint density at radius 2 is 2.17 bits per heavy atom. The summed E-state index contributed by atoms with van der Waals surface area (Å²) in [7, 11) is 0. The molecule has 0 radical (unpaired) electrons. The molecule has 0 amide bonds. The first-order valence-electron chi connectivity index (χ1n) is 9.63. The summed E-state index contributed by atoms with van der Waals surface area (Å²) in [5.74, 6) is 0.113. The van der Waals surface area contributed by atoms with Crippen molar-refractivity contribution in [2.75, 3.05) is 0 Å². The zero-order valence-corrected chi connectivity index (χ0v) is 16.7. The van der Waals surface area contributed by atoms with Crippen molar-refractivity contribution >= 4 is 33.2 Å². The van der Waals surface area contributed by atoms with E-state index < -0.39 is 0 Å². The van der Waals surface area contributed by atoms with Gasteiger partial charge < -0.3 is 4.74 Å². The first-order chi connectivity index (χ1) is 14.1. The maximum absolute atomic E-state index is 13.2. The fraction of sp³-hybridized carbons (Fsp3) is 0.273. The monoisotopic (exact) mass is 405 g/mol. The van der Waals surface area contributed by atoms with Crippen LogP contribution in [0, 0.1) is 5.92 Å². The molecule has 0 N–H and O–H groups in total. The Labute approximate surface area is 170 Å². The minimum absolute atomic E-state index is 0.0382. The third-order valence-electron chi connectivity index (χ3n) is 5.42. The van der Waals surface area contributed by atoms with E-state index in [2.05, 4.69) is 11.9 Å². The standard InChI is InChI=1S/C22H19N3O3S/c1-13-6-7-18-16(10-13)20(15-4-2-3-5-17(15)24-18)21(27)28-12-14-11-19(26)25-8-9-29-22(25)23-14/h2-5,8-9,11,13H,6-7,10,12H2,1H3/t13-/m0/s1. The van der Waals surface area contributed by atoms with Gasteiger partial charge in [0, 0.05) is 28.7 Å². The molecule has 0 fully saturated rings. The molecule has 5 rings (SSSR count). The fourth-order valence-electron chi connectivity index (χ4n) is 3.97. The molecule has 0 spiro atoms. The summed E-state index contributed by atoms with van der Waals surface area (Å²) < 4.78 is 7.11. The molecule has 6 nitrogen and oxygen atoms in total. The van der Waals surface area contributed by atoms with Gasteiger partial charge in [-0.1, -0.05) is 25.1 Å². The quantitative estimate of drug-likeness (QED) is 0.485. The molecular weight excluding hydrogens is 386 g/mol. The molecule has 0 bridgehead atoms. The van der Waals surface area contributed by atoms with Crippen LogP contribution in [0.1, 0.15) is 40.7 Å². The summed E-state index contributed by atoms with van der Waals surface area (Å²) in [6, 6.07) is 9.09. The lowest BCUT2D eigenvalue weighted by atomic mass is 9.84. The third kappa shape index (κ3) is 3.21. The first kappa shape index (κ1) is 18.0. The maximum atomic E-state index is 13.2. The molecule has 29 heavy (non-hydrogen) atoms. The third-order valence-corrected chi connectivity index (χ3v) is 6.17. The van der Waals surface area contributed by atoms with Gasteiger partial charge in [-0.25, -0.2) is 9.78 Å². The van der Waals surface area contributed by atoms with Crippen LogP contribution in [0.15, 0.2) is 46.7 Å². The second-order valence-electron chi connectivity index (χ2n) is 7.49. The molecule has 3 heterocycles. The number of hydrogen-bond donors (Lipinski definition) is 0. The summed E-state index contributed by atoms with van der Waals surface area (Å²) in [6.45, 7) is 2.16. The van der Waals surface area contributed by atoms with Crippen LogP contribution in [-0.4, -0.2) is 20.3 Å². The van der Waals surface area contributed by atoms with Crippen molar-refractivity contribution in [2.24, 2.45) is 5.92 Å². The van der Waals surface area contributed by atoms with E-state index >= 15 is 0 Å². The highest BCUT2D eigenvalue weighted by Gasteiger charge is 2.26. The Hall–Kier alpha value is -3.06. The van der Waals surface area contributed by atoms with E-state index in [0.29, 0.717) is 22.1 Å². The van der Waals surface area contributed by atoms with Gasteiger partial charge >= 0.3 is 5.97 Å². The molecule has 7 heteroatoms. The number of nitrogens with zero attached hydrogens (tertiary/aromatic N) is 3. The summed E-state index contributed by atoms with van der Waals surface area (Å²) in [5.41, 5.74) is 3.67. The number of ether oxygens (including phenoxy) is 1. The molecule has 1 aromatic carbocycles. The van der Waals surface area contributed by atoms with Crippen LogP contribution in [0.25, 0.3) is 15.9 Å². The van der Waals surface area contributed by atoms with Gasteiger partial charge in [0.1, 0.15) is 6.61 Å². The van der Waals surface area contributed by atoms with E-state index in [1.807, 2.05) is 24.3 Å². The average molecular weight is 405 g/mol. The van der Waals surface area contributed by atoms with Gasteiger partial charge in [0.2, 0.25) is 0 Å². The Morgan fingerprint density at radius 3 is 3.07 bits per heavy atom. The number of aromatic nitrogens is 3. The van der Waals surface area contributed by atoms with Crippen LogP contribution < -0.4 is 5.56 Å². The lowest BCUT2D eigenvalue weighted by molar-refractivity contribution is 0.0468. The van der Waals surface area contributed by atoms with Crippen molar-refractivity contribution in [2.45, 2.75) is 32.8 Å². The Morgan fingerprint density at radius 1 is 1.31 bits per heavy atom. The van der Waals surface area contributed by atoms with Gasteiger partial charge in [0.15, 0.2) is 4.96 Å². The van der Waals surface area contributed by atoms with Crippen LogP contribution in [0.3, 0.4) is 0 Å². The highest BCUT2D eigenvalue weighted by Crippen LogP contribution is 2.32. The average Bonchev–Trinajstić information content (AvgIpc) is 3.19. The molecule has 0 saturated heterocycles. The number of rotatable bonds is 3. The number of hydrogen-bond acceptors (Lipinski definition) is 6. The van der Waals surface area contributed by atoms with Crippen molar-refractivity contribution in [1.82, 2.24) is 14.4 Å². The Balaban J connectivity index is 1.51. The summed E-state index contributed by atoms with van der Waals surface area (Å²) in [5, 5.41) is 2.61.